The first-order valence-electron chi connectivity index (χ1n) is 8.75. The fourth-order valence-corrected chi connectivity index (χ4v) is 3.33. The summed E-state index contributed by atoms with van der Waals surface area (Å²) in [5.74, 6) is 2.11. The van der Waals surface area contributed by atoms with Gasteiger partial charge in [-0.25, -0.2) is 4.79 Å². The number of para-hydroxylation sites is 2. The summed E-state index contributed by atoms with van der Waals surface area (Å²) in [6.07, 6.45) is 4.37. The van der Waals surface area contributed by atoms with Gasteiger partial charge in [-0.2, -0.15) is 0 Å². The summed E-state index contributed by atoms with van der Waals surface area (Å²) < 4.78 is 22.0. The van der Waals surface area contributed by atoms with Gasteiger partial charge in [-0.05, 0) is 49.6 Å². The van der Waals surface area contributed by atoms with E-state index in [9.17, 15) is 4.79 Å². The average Bonchev–Trinajstić information content (AvgIpc) is 3.05. The largest absolute Gasteiger partial charge is 0.493 e. The van der Waals surface area contributed by atoms with Crippen LogP contribution in [0.25, 0.3) is 11.0 Å². The molecule has 5 nitrogen and oxygen atoms in total. The van der Waals surface area contributed by atoms with Gasteiger partial charge in [0.2, 0.25) is 0 Å². The molecule has 1 aliphatic rings. The highest BCUT2D eigenvalue weighted by molar-refractivity contribution is 5.84. The van der Waals surface area contributed by atoms with Crippen LogP contribution in [-0.4, -0.2) is 19.7 Å². The van der Waals surface area contributed by atoms with Crippen molar-refractivity contribution in [3.63, 3.8) is 0 Å². The first-order valence-corrected chi connectivity index (χ1v) is 8.75. The number of carbonyl (C=O) groups is 1. The minimum atomic E-state index is -0.483. The lowest BCUT2D eigenvalue weighted by atomic mass is 9.96. The number of furan rings is 1. The predicted octanol–water partition coefficient (Wildman–Crippen LogP) is 4.30. The number of hydrogen-bond donors (Lipinski definition) is 0. The smallest absolute Gasteiger partial charge is 0.349 e. The highest BCUT2D eigenvalue weighted by Gasteiger charge is 2.18. The molecule has 1 aliphatic carbocycles. The lowest BCUT2D eigenvalue weighted by molar-refractivity contribution is -0.136. The molecule has 2 aromatic carbocycles. The molecule has 0 amide bonds. The Balaban J connectivity index is 1.45. The Hall–Kier alpha value is -2.95. The lowest BCUT2D eigenvalue weighted by Gasteiger charge is -2.10. The van der Waals surface area contributed by atoms with Crippen molar-refractivity contribution in [1.82, 2.24) is 0 Å². The molecule has 0 spiro atoms. The zero-order valence-corrected chi connectivity index (χ0v) is 14.6. The molecule has 0 fully saturated rings. The number of rotatable bonds is 5. The lowest BCUT2D eigenvalue weighted by Crippen LogP contribution is -2.18. The topological polar surface area (TPSA) is 57.9 Å². The van der Waals surface area contributed by atoms with Crippen molar-refractivity contribution in [2.24, 2.45) is 0 Å². The summed E-state index contributed by atoms with van der Waals surface area (Å²) in [5, 5.41) is 1.08. The van der Waals surface area contributed by atoms with Crippen LogP contribution in [0.2, 0.25) is 0 Å². The van der Waals surface area contributed by atoms with Crippen LogP contribution in [0.4, 0.5) is 0 Å². The quantitative estimate of drug-likeness (QED) is 0.506. The van der Waals surface area contributed by atoms with E-state index < -0.39 is 5.97 Å². The zero-order chi connectivity index (χ0) is 17.9. The molecular formula is C21H20O5. The Morgan fingerprint density at radius 2 is 1.88 bits per heavy atom. The van der Waals surface area contributed by atoms with Gasteiger partial charge in [0.15, 0.2) is 18.1 Å². The van der Waals surface area contributed by atoms with Crippen molar-refractivity contribution in [2.45, 2.75) is 25.7 Å². The van der Waals surface area contributed by atoms with Crippen molar-refractivity contribution in [1.29, 1.82) is 0 Å². The van der Waals surface area contributed by atoms with Crippen LogP contribution < -0.4 is 14.2 Å². The number of aryl methyl sites for hydroxylation is 2. The molecule has 0 aliphatic heterocycles. The van der Waals surface area contributed by atoms with Crippen molar-refractivity contribution in [3.05, 3.63) is 53.8 Å². The van der Waals surface area contributed by atoms with Gasteiger partial charge >= 0.3 is 5.97 Å². The monoisotopic (exact) mass is 352 g/mol. The van der Waals surface area contributed by atoms with Gasteiger partial charge in [0.25, 0.3) is 0 Å². The van der Waals surface area contributed by atoms with E-state index in [1.54, 1.807) is 18.2 Å². The second-order valence-corrected chi connectivity index (χ2v) is 6.28. The Morgan fingerprint density at radius 3 is 2.73 bits per heavy atom. The third-order valence-corrected chi connectivity index (χ3v) is 4.58. The summed E-state index contributed by atoms with van der Waals surface area (Å²) in [6.45, 7) is -0.177. The third-order valence-electron chi connectivity index (χ3n) is 4.58. The van der Waals surface area contributed by atoms with Gasteiger partial charge in [-0.15, -0.1) is 0 Å². The van der Waals surface area contributed by atoms with E-state index in [-0.39, 0.29) is 6.61 Å². The number of carbonyl (C=O) groups excluding carboxylic acids is 1. The van der Waals surface area contributed by atoms with Gasteiger partial charge in [0, 0.05) is 17.4 Å². The minimum Gasteiger partial charge on any atom is -0.493 e. The third kappa shape index (κ3) is 3.25. The molecule has 0 bridgehead atoms. The van der Waals surface area contributed by atoms with Crippen LogP contribution in [0.1, 0.15) is 24.2 Å². The van der Waals surface area contributed by atoms with Crippen molar-refractivity contribution in [3.8, 4) is 17.2 Å². The van der Waals surface area contributed by atoms with Crippen LogP contribution in [0.5, 0.6) is 17.2 Å². The summed E-state index contributed by atoms with van der Waals surface area (Å²) in [7, 11) is 1.53. The zero-order valence-electron chi connectivity index (χ0n) is 14.6. The Morgan fingerprint density at radius 1 is 1.08 bits per heavy atom. The van der Waals surface area contributed by atoms with Crippen LogP contribution >= 0.6 is 0 Å². The molecule has 4 rings (SSSR count). The van der Waals surface area contributed by atoms with E-state index >= 15 is 0 Å². The SMILES string of the molecule is COc1ccccc1OC(=O)COc1ccc2oc3c(c2c1)CCCC3. The molecule has 1 heterocycles. The minimum absolute atomic E-state index is 0.177. The molecular weight excluding hydrogens is 332 g/mol. The van der Waals surface area contributed by atoms with Crippen LogP contribution in [-0.2, 0) is 17.6 Å². The summed E-state index contributed by atoms with van der Waals surface area (Å²) >= 11 is 0. The van der Waals surface area contributed by atoms with Crippen molar-refractivity contribution < 1.29 is 23.4 Å². The van der Waals surface area contributed by atoms with E-state index in [0.717, 1.165) is 29.6 Å². The van der Waals surface area contributed by atoms with Gasteiger partial charge in [0.1, 0.15) is 17.1 Å². The number of hydrogen-bond acceptors (Lipinski definition) is 5. The van der Waals surface area contributed by atoms with Gasteiger partial charge < -0.3 is 18.6 Å². The molecule has 0 N–H and O–H groups in total. The highest BCUT2D eigenvalue weighted by atomic mass is 16.6. The Labute approximate surface area is 151 Å². The highest BCUT2D eigenvalue weighted by Crippen LogP contribution is 2.34. The molecule has 0 atom stereocenters. The summed E-state index contributed by atoms with van der Waals surface area (Å²) in [6, 6.07) is 12.7. The summed E-state index contributed by atoms with van der Waals surface area (Å²) in [5.41, 5.74) is 2.15. The van der Waals surface area contributed by atoms with E-state index in [4.69, 9.17) is 18.6 Å². The van der Waals surface area contributed by atoms with Gasteiger partial charge in [-0.3, -0.25) is 0 Å². The molecule has 0 saturated heterocycles. The first kappa shape index (κ1) is 16.5. The predicted molar refractivity (Wildman–Crippen MR) is 97.0 cm³/mol. The molecule has 0 saturated carbocycles. The maximum atomic E-state index is 12.1. The van der Waals surface area contributed by atoms with E-state index in [1.165, 1.54) is 25.5 Å². The fourth-order valence-electron chi connectivity index (χ4n) is 3.33. The summed E-state index contributed by atoms with van der Waals surface area (Å²) in [4.78, 5) is 12.1. The maximum absolute atomic E-state index is 12.1. The number of ether oxygens (including phenoxy) is 3. The molecule has 1 aromatic heterocycles. The van der Waals surface area contributed by atoms with Crippen molar-refractivity contribution in [2.75, 3.05) is 13.7 Å². The maximum Gasteiger partial charge on any atom is 0.349 e. The van der Waals surface area contributed by atoms with E-state index in [0.29, 0.717) is 17.2 Å². The molecule has 26 heavy (non-hydrogen) atoms. The van der Waals surface area contributed by atoms with Crippen LogP contribution in [0, 0.1) is 0 Å². The van der Waals surface area contributed by atoms with Crippen molar-refractivity contribution >= 4 is 16.9 Å². The van der Waals surface area contributed by atoms with E-state index in [1.807, 2.05) is 24.3 Å². The molecule has 0 radical (unpaired) electrons. The number of fused-ring (bicyclic) bond motifs is 3. The van der Waals surface area contributed by atoms with Gasteiger partial charge in [-0.1, -0.05) is 12.1 Å². The number of benzene rings is 2. The first-order chi connectivity index (χ1) is 12.7. The van der Waals surface area contributed by atoms with E-state index in [2.05, 4.69) is 0 Å². The number of methoxy groups -OCH3 is 1. The molecule has 0 unspecified atom stereocenters. The molecule has 5 heteroatoms. The Bertz CT molecular complexity index is 941. The fraction of sp³-hybridized carbons (Fsp3) is 0.286. The molecule has 134 valence electrons. The normalized spacial score (nSPS) is 13.3. The van der Waals surface area contributed by atoms with Crippen LogP contribution in [0.15, 0.2) is 46.9 Å². The van der Waals surface area contributed by atoms with Crippen LogP contribution in [0.3, 0.4) is 0 Å². The number of esters is 1. The second-order valence-electron chi connectivity index (χ2n) is 6.28. The Kier molecular flexibility index (Phi) is 4.52. The standard InChI is InChI=1S/C21H20O5/c1-23-19-8-4-5-9-20(19)26-21(22)13-24-14-10-11-18-16(12-14)15-6-2-3-7-17(15)25-18/h4-5,8-12H,2-3,6-7,13H2,1H3. The molecule has 3 aromatic rings. The average molecular weight is 352 g/mol. The van der Waals surface area contributed by atoms with Gasteiger partial charge in [0.05, 0.1) is 7.11 Å². The second kappa shape index (κ2) is 7.12.